The van der Waals surface area contributed by atoms with Gasteiger partial charge in [0.1, 0.15) is 5.65 Å². The third kappa shape index (κ3) is 3.61. The zero-order chi connectivity index (χ0) is 16.2. The Labute approximate surface area is 134 Å². The van der Waals surface area contributed by atoms with E-state index in [1.807, 2.05) is 35.0 Å². The van der Waals surface area contributed by atoms with Crippen LogP contribution in [0.4, 0.5) is 4.79 Å². The van der Waals surface area contributed by atoms with Gasteiger partial charge in [-0.25, -0.2) is 9.78 Å². The Morgan fingerprint density at radius 2 is 2.26 bits per heavy atom. The van der Waals surface area contributed by atoms with Crippen LogP contribution in [0.25, 0.3) is 5.65 Å². The van der Waals surface area contributed by atoms with Crippen molar-refractivity contribution in [2.45, 2.75) is 19.3 Å². The summed E-state index contributed by atoms with van der Waals surface area (Å²) in [6.07, 6.45) is 6.21. The van der Waals surface area contributed by atoms with Crippen LogP contribution in [0.15, 0.2) is 30.6 Å². The molecule has 3 heterocycles. The molecule has 7 heteroatoms. The van der Waals surface area contributed by atoms with E-state index in [-0.39, 0.29) is 11.8 Å². The molecule has 23 heavy (non-hydrogen) atoms. The lowest BCUT2D eigenvalue weighted by Gasteiger charge is -2.30. The van der Waals surface area contributed by atoms with Crippen molar-refractivity contribution < 1.29 is 9.59 Å². The first-order valence-corrected chi connectivity index (χ1v) is 7.88. The molecule has 0 aromatic carbocycles. The van der Waals surface area contributed by atoms with E-state index < -0.39 is 6.03 Å². The molecule has 3 amide bonds. The lowest BCUT2D eigenvalue weighted by molar-refractivity contribution is -0.126. The Morgan fingerprint density at radius 1 is 1.39 bits per heavy atom. The van der Waals surface area contributed by atoms with Gasteiger partial charge >= 0.3 is 6.03 Å². The molecule has 0 radical (unpaired) electrons. The molecule has 0 saturated carbocycles. The minimum Gasteiger partial charge on any atom is -0.355 e. The molecule has 1 aliphatic heterocycles. The largest absolute Gasteiger partial charge is 0.355 e. The first-order valence-electron chi connectivity index (χ1n) is 7.88. The van der Waals surface area contributed by atoms with E-state index in [9.17, 15) is 9.59 Å². The number of nitrogens with zero attached hydrogens (tertiary/aromatic N) is 3. The second-order valence-corrected chi connectivity index (χ2v) is 5.86. The molecule has 0 bridgehead atoms. The summed E-state index contributed by atoms with van der Waals surface area (Å²) < 4.78 is 1.96. The highest BCUT2D eigenvalue weighted by Crippen LogP contribution is 2.16. The summed E-state index contributed by atoms with van der Waals surface area (Å²) >= 11 is 0. The number of fused-ring (bicyclic) bond motifs is 1. The molecular formula is C16H21N5O2. The summed E-state index contributed by atoms with van der Waals surface area (Å²) in [6.45, 7) is 1.59. The van der Waals surface area contributed by atoms with Crippen molar-refractivity contribution in [3.05, 3.63) is 36.3 Å². The fourth-order valence-corrected chi connectivity index (χ4v) is 2.96. The molecule has 122 valence electrons. The van der Waals surface area contributed by atoms with Crippen molar-refractivity contribution in [1.82, 2.24) is 19.6 Å². The van der Waals surface area contributed by atoms with E-state index >= 15 is 0 Å². The van der Waals surface area contributed by atoms with Gasteiger partial charge in [-0.05, 0) is 25.0 Å². The number of pyridine rings is 1. The molecule has 0 unspecified atom stereocenters. The lowest BCUT2D eigenvalue weighted by atomic mass is 9.97. The second kappa shape index (κ2) is 6.68. The number of primary amides is 1. The van der Waals surface area contributed by atoms with Crippen LogP contribution in [-0.2, 0) is 11.2 Å². The van der Waals surface area contributed by atoms with Crippen LogP contribution >= 0.6 is 0 Å². The molecule has 1 fully saturated rings. The van der Waals surface area contributed by atoms with Gasteiger partial charge in [0.15, 0.2) is 0 Å². The third-order valence-electron chi connectivity index (χ3n) is 4.20. The van der Waals surface area contributed by atoms with Gasteiger partial charge in [0.05, 0.1) is 11.6 Å². The van der Waals surface area contributed by atoms with Gasteiger partial charge in [0.25, 0.3) is 0 Å². The highest BCUT2D eigenvalue weighted by atomic mass is 16.2. The summed E-state index contributed by atoms with van der Waals surface area (Å²) in [4.78, 5) is 29.5. The maximum Gasteiger partial charge on any atom is 0.314 e. The van der Waals surface area contributed by atoms with Crippen molar-refractivity contribution in [3.63, 3.8) is 0 Å². The number of nitrogens with two attached hydrogens (primary N) is 1. The summed E-state index contributed by atoms with van der Waals surface area (Å²) in [7, 11) is 0. The molecule has 3 N–H and O–H groups in total. The van der Waals surface area contributed by atoms with Gasteiger partial charge < -0.3 is 20.4 Å². The number of piperidine rings is 1. The Bertz CT molecular complexity index is 678. The topological polar surface area (TPSA) is 92.7 Å². The molecule has 1 saturated heterocycles. The molecule has 1 atom stereocenters. The molecular weight excluding hydrogens is 294 g/mol. The van der Waals surface area contributed by atoms with E-state index in [1.54, 1.807) is 0 Å². The Hall–Kier alpha value is -2.57. The van der Waals surface area contributed by atoms with E-state index in [0.29, 0.717) is 26.1 Å². The average molecular weight is 315 g/mol. The normalized spacial score (nSPS) is 18.1. The Morgan fingerprint density at radius 3 is 3.04 bits per heavy atom. The predicted molar refractivity (Wildman–Crippen MR) is 85.8 cm³/mol. The summed E-state index contributed by atoms with van der Waals surface area (Å²) in [6, 6.07) is 5.39. The van der Waals surface area contributed by atoms with Crippen LogP contribution in [0.3, 0.4) is 0 Å². The van der Waals surface area contributed by atoms with Gasteiger partial charge in [-0.1, -0.05) is 6.07 Å². The van der Waals surface area contributed by atoms with Gasteiger partial charge in [-0.3, -0.25) is 4.79 Å². The van der Waals surface area contributed by atoms with E-state index in [4.69, 9.17) is 5.73 Å². The lowest BCUT2D eigenvalue weighted by Crippen LogP contribution is -2.47. The number of hydrogen-bond donors (Lipinski definition) is 2. The Kier molecular flexibility index (Phi) is 4.45. The number of likely N-dealkylation sites (tertiary alicyclic amines) is 1. The molecule has 2 aromatic heterocycles. The van der Waals surface area contributed by atoms with Gasteiger partial charge in [0, 0.05) is 38.4 Å². The molecule has 2 aromatic rings. The first kappa shape index (κ1) is 15.3. The zero-order valence-corrected chi connectivity index (χ0v) is 12.9. The van der Waals surface area contributed by atoms with Gasteiger partial charge in [-0.15, -0.1) is 0 Å². The quantitative estimate of drug-likeness (QED) is 0.873. The van der Waals surface area contributed by atoms with Crippen LogP contribution < -0.4 is 11.1 Å². The van der Waals surface area contributed by atoms with Crippen LogP contribution in [0, 0.1) is 5.92 Å². The fraction of sp³-hybridized carbons (Fsp3) is 0.438. The molecule has 0 spiro atoms. The summed E-state index contributed by atoms with van der Waals surface area (Å²) in [5, 5.41) is 2.94. The number of nitrogens with one attached hydrogen (secondary N) is 1. The monoisotopic (exact) mass is 315 g/mol. The van der Waals surface area contributed by atoms with Crippen molar-refractivity contribution in [3.8, 4) is 0 Å². The van der Waals surface area contributed by atoms with E-state index in [0.717, 1.165) is 24.2 Å². The first-order chi connectivity index (χ1) is 11.1. The number of aromatic nitrogens is 2. The number of amides is 3. The highest BCUT2D eigenvalue weighted by molar-refractivity contribution is 5.80. The van der Waals surface area contributed by atoms with Crippen LogP contribution in [0.5, 0.6) is 0 Å². The van der Waals surface area contributed by atoms with Crippen LogP contribution in [-0.4, -0.2) is 45.9 Å². The third-order valence-corrected chi connectivity index (χ3v) is 4.20. The Balaban J connectivity index is 1.50. The number of rotatable bonds is 4. The number of hydrogen-bond acceptors (Lipinski definition) is 3. The van der Waals surface area contributed by atoms with Crippen molar-refractivity contribution >= 4 is 17.6 Å². The average Bonchev–Trinajstić information content (AvgIpc) is 2.97. The van der Waals surface area contributed by atoms with Crippen molar-refractivity contribution in [2.24, 2.45) is 11.7 Å². The summed E-state index contributed by atoms with van der Waals surface area (Å²) in [5.41, 5.74) is 7.13. The molecule has 3 rings (SSSR count). The molecule has 7 nitrogen and oxygen atoms in total. The van der Waals surface area contributed by atoms with Crippen molar-refractivity contribution in [2.75, 3.05) is 19.6 Å². The number of carbonyl (C=O) groups excluding carboxylic acids is 2. The number of imidazole rings is 1. The highest BCUT2D eigenvalue weighted by Gasteiger charge is 2.27. The minimum absolute atomic E-state index is 0.0142. The zero-order valence-electron chi connectivity index (χ0n) is 12.9. The van der Waals surface area contributed by atoms with Crippen LogP contribution in [0.1, 0.15) is 18.5 Å². The standard InChI is InChI=1S/C16H21N5O2/c17-16(23)21-9-3-4-12(10-21)15(22)18-7-6-13-11-20-8-2-1-5-14(20)19-13/h1-2,5,8,11-12H,3-4,6-7,9-10H2,(H2,17,23)(H,18,22)/t12-/m0/s1. The van der Waals surface area contributed by atoms with E-state index in [1.165, 1.54) is 4.90 Å². The van der Waals surface area contributed by atoms with Crippen molar-refractivity contribution in [1.29, 1.82) is 0 Å². The van der Waals surface area contributed by atoms with E-state index in [2.05, 4.69) is 10.3 Å². The SMILES string of the molecule is NC(=O)N1CCC[C@H](C(=O)NCCc2cn3ccccc3n2)C1. The smallest absolute Gasteiger partial charge is 0.314 e. The predicted octanol–water partition coefficient (Wildman–Crippen LogP) is 0.784. The second-order valence-electron chi connectivity index (χ2n) is 5.86. The summed E-state index contributed by atoms with van der Waals surface area (Å²) in [5.74, 6) is -0.183. The molecule has 0 aliphatic carbocycles. The number of carbonyl (C=O) groups is 2. The minimum atomic E-state index is -0.452. The molecule has 1 aliphatic rings. The number of urea groups is 1. The maximum atomic E-state index is 12.2. The van der Waals surface area contributed by atoms with Crippen LogP contribution in [0.2, 0.25) is 0 Å². The fourth-order valence-electron chi connectivity index (χ4n) is 2.96. The van der Waals surface area contributed by atoms with Gasteiger partial charge in [0.2, 0.25) is 5.91 Å². The maximum absolute atomic E-state index is 12.2. The van der Waals surface area contributed by atoms with Gasteiger partial charge in [-0.2, -0.15) is 0 Å².